The summed E-state index contributed by atoms with van der Waals surface area (Å²) in [4.78, 5) is 40.2. The van der Waals surface area contributed by atoms with Crippen LogP contribution in [0.3, 0.4) is 0 Å². The number of nitrogens with one attached hydrogen (secondary N) is 1. The van der Waals surface area contributed by atoms with E-state index in [1.807, 2.05) is 17.5 Å². The molecule has 0 saturated carbocycles. The number of nitrogens with zero attached hydrogens (tertiary/aromatic N) is 1. The Labute approximate surface area is 194 Å². The van der Waals surface area contributed by atoms with Crippen LogP contribution in [-0.4, -0.2) is 45.0 Å². The van der Waals surface area contributed by atoms with Crippen LogP contribution >= 0.6 is 58.1 Å². The van der Waals surface area contributed by atoms with Crippen LogP contribution in [0.5, 0.6) is 0 Å². The van der Waals surface area contributed by atoms with Gasteiger partial charge >= 0.3 is 5.97 Å². The lowest BCUT2D eigenvalue weighted by Gasteiger charge is -2.49. The molecule has 2 aliphatic rings. The molecule has 156 valence electrons. The number of hydrogen-bond acceptors (Lipinski definition) is 6. The summed E-state index contributed by atoms with van der Waals surface area (Å²) < 4.78 is 0. The molecule has 11 heteroatoms. The first-order chi connectivity index (χ1) is 14.3. The topological polar surface area (TPSA) is 86.7 Å². The molecule has 0 spiro atoms. The summed E-state index contributed by atoms with van der Waals surface area (Å²) in [7, 11) is 0. The molecule has 3 heterocycles. The quantitative estimate of drug-likeness (QED) is 0.580. The van der Waals surface area contributed by atoms with Crippen molar-refractivity contribution >= 4 is 75.8 Å². The maximum Gasteiger partial charge on any atom is 0.353 e. The first kappa shape index (κ1) is 21.6. The molecule has 2 amide bonds. The maximum absolute atomic E-state index is 12.7. The summed E-state index contributed by atoms with van der Waals surface area (Å²) >= 11 is 16.3. The minimum Gasteiger partial charge on any atom is -0.477 e. The van der Waals surface area contributed by atoms with Crippen LogP contribution in [0.2, 0.25) is 10.0 Å². The highest BCUT2D eigenvalue weighted by molar-refractivity contribution is 8.06. The Balaban J connectivity index is 1.52. The molecule has 1 aromatic heterocycles. The number of benzene rings is 1. The SMILES string of the molecule is O=C(Cc1cccs1)N[C@@H]1C(=O)N2C(C(=O)O)=C(Sc3cc(Cl)ccc3Cl)CS[C@H]12. The summed E-state index contributed by atoms with van der Waals surface area (Å²) in [6, 6.07) is 7.91. The van der Waals surface area contributed by atoms with Crippen LogP contribution in [0.15, 0.2) is 51.2 Å². The molecule has 2 N–H and O–H groups in total. The lowest BCUT2D eigenvalue weighted by Crippen LogP contribution is -2.70. The Morgan fingerprint density at radius 2 is 2.10 bits per heavy atom. The predicted octanol–water partition coefficient (Wildman–Crippen LogP) is 4.09. The molecule has 1 aromatic carbocycles. The summed E-state index contributed by atoms with van der Waals surface area (Å²) in [5, 5.41) is 14.9. The fraction of sp³-hybridized carbons (Fsp3) is 0.211. The van der Waals surface area contributed by atoms with E-state index < -0.39 is 23.3 Å². The second-order valence-electron chi connectivity index (χ2n) is 6.46. The number of amides is 2. The molecule has 6 nitrogen and oxygen atoms in total. The second kappa shape index (κ2) is 8.84. The minimum absolute atomic E-state index is 0.0754. The van der Waals surface area contributed by atoms with Crippen molar-refractivity contribution in [2.75, 3.05) is 5.75 Å². The van der Waals surface area contributed by atoms with Crippen LogP contribution < -0.4 is 5.32 Å². The average molecular weight is 501 g/mol. The highest BCUT2D eigenvalue weighted by Crippen LogP contribution is 2.46. The van der Waals surface area contributed by atoms with Gasteiger partial charge in [0, 0.05) is 25.5 Å². The Bertz CT molecular complexity index is 1060. The fourth-order valence-electron chi connectivity index (χ4n) is 3.15. The number of carbonyl (C=O) groups excluding carboxylic acids is 2. The zero-order valence-corrected chi connectivity index (χ0v) is 19.1. The monoisotopic (exact) mass is 500 g/mol. The third-order valence-electron chi connectivity index (χ3n) is 4.49. The molecular formula is C19H14Cl2N2O4S3. The van der Waals surface area contributed by atoms with Gasteiger partial charge in [-0.2, -0.15) is 0 Å². The number of carboxylic acid groups (broad SMARTS) is 1. The van der Waals surface area contributed by atoms with Crippen molar-refractivity contribution in [3.05, 3.63) is 61.2 Å². The van der Waals surface area contributed by atoms with Gasteiger partial charge in [0.2, 0.25) is 5.91 Å². The van der Waals surface area contributed by atoms with Crippen LogP contribution in [0, 0.1) is 0 Å². The largest absolute Gasteiger partial charge is 0.477 e. The van der Waals surface area contributed by atoms with Gasteiger partial charge in [-0.1, -0.05) is 41.0 Å². The van der Waals surface area contributed by atoms with Crippen LogP contribution in [0.1, 0.15) is 4.88 Å². The van der Waals surface area contributed by atoms with E-state index in [4.69, 9.17) is 23.2 Å². The van der Waals surface area contributed by atoms with Gasteiger partial charge in [-0.15, -0.1) is 23.1 Å². The average Bonchev–Trinajstić information content (AvgIpc) is 3.21. The molecule has 2 aliphatic heterocycles. The summed E-state index contributed by atoms with van der Waals surface area (Å²) in [5.41, 5.74) is -0.0754. The van der Waals surface area contributed by atoms with E-state index in [1.54, 1.807) is 18.2 Å². The highest BCUT2D eigenvalue weighted by atomic mass is 35.5. The zero-order valence-electron chi connectivity index (χ0n) is 15.1. The third kappa shape index (κ3) is 4.22. The molecule has 0 aliphatic carbocycles. The molecular weight excluding hydrogens is 487 g/mol. The second-order valence-corrected chi connectivity index (χ2v) is 10.6. The highest BCUT2D eigenvalue weighted by Gasteiger charge is 2.54. The van der Waals surface area contributed by atoms with Crippen LogP contribution in [0.25, 0.3) is 0 Å². The van der Waals surface area contributed by atoms with E-state index in [-0.39, 0.29) is 18.0 Å². The Kier molecular flexibility index (Phi) is 6.36. The molecule has 4 rings (SSSR count). The van der Waals surface area contributed by atoms with Crippen molar-refractivity contribution in [3.63, 3.8) is 0 Å². The number of carboxylic acids is 1. The van der Waals surface area contributed by atoms with Crippen molar-refractivity contribution in [1.29, 1.82) is 0 Å². The van der Waals surface area contributed by atoms with Crippen molar-refractivity contribution in [2.24, 2.45) is 0 Å². The van der Waals surface area contributed by atoms with E-state index in [0.29, 0.717) is 25.6 Å². The number of fused-ring (bicyclic) bond motifs is 1. The lowest BCUT2D eigenvalue weighted by molar-refractivity contribution is -0.150. The van der Waals surface area contributed by atoms with Crippen molar-refractivity contribution < 1.29 is 19.5 Å². The Morgan fingerprint density at radius 3 is 2.80 bits per heavy atom. The summed E-state index contributed by atoms with van der Waals surface area (Å²) in [6.45, 7) is 0. The first-order valence-electron chi connectivity index (χ1n) is 8.71. The molecule has 0 unspecified atom stereocenters. The zero-order chi connectivity index (χ0) is 21.4. The van der Waals surface area contributed by atoms with Gasteiger partial charge in [0.15, 0.2) is 0 Å². The number of aliphatic carboxylic acids is 1. The van der Waals surface area contributed by atoms with Crippen LogP contribution in [0.4, 0.5) is 0 Å². The van der Waals surface area contributed by atoms with Crippen molar-refractivity contribution in [3.8, 4) is 0 Å². The number of halogens is 2. The number of hydrogen-bond donors (Lipinski definition) is 2. The molecule has 2 aromatic rings. The smallest absolute Gasteiger partial charge is 0.353 e. The molecule has 0 radical (unpaired) electrons. The number of β-lactam (4-membered cyclic amide) rings is 1. The number of carbonyl (C=O) groups is 3. The Hall–Kier alpha value is -1.65. The molecule has 30 heavy (non-hydrogen) atoms. The van der Waals surface area contributed by atoms with E-state index in [2.05, 4.69) is 5.32 Å². The van der Waals surface area contributed by atoms with Crippen molar-refractivity contribution in [1.82, 2.24) is 10.2 Å². The molecule has 1 fully saturated rings. The summed E-state index contributed by atoms with van der Waals surface area (Å²) in [6.07, 6.45) is 0.189. The molecule has 0 bridgehead atoms. The maximum atomic E-state index is 12.7. The van der Waals surface area contributed by atoms with Gasteiger partial charge in [-0.25, -0.2) is 4.79 Å². The standard InChI is InChI=1S/C19H14Cl2N2O4S3/c20-9-3-4-11(21)12(6-9)30-13-8-29-18-15(17(25)23(18)16(13)19(26)27)22-14(24)7-10-2-1-5-28-10/h1-6,15,18H,7-8H2,(H,22,24)(H,26,27)/t15-,18-/m1/s1. The summed E-state index contributed by atoms with van der Waals surface area (Å²) in [5.74, 6) is -1.51. The lowest BCUT2D eigenvalue weighted by atomic mass is 10.0. The van der Waals surface area contributed by atoms with Gasteiger partial charge in [0.25, 0.3) is 5.91 Å². The normalized spacial score (nSPS) is 20.6. The van der Waals surface area contributed by atoms with E-state index >= 15 is 0 Å². The van der Waals surface area contributed by atoms with E-state index in [1.165, 1.54) is 39.8 Å². The van der Waals surface area contributed by atoms with E-state index in [9.17, 15) is 19.5 Å². The van der Waals surface area contributed by atoms with Gasteiger partial charge < -0.3 is 10.4 Å². The Morgan fingerprint density at radius 1 is 1.30 bits per heavy atom. The fourth-order valence-corrected chi connectivity index (χ4v) is 6.86. The number of thioether (sulfide) groups is 2. The van der Waals surface area contributed by atoms with Crippen LogP contribution in [-0.2, 0) is 20.8 Å². The predicted molar refractivity (Wildman–Crippen MR) is 120 cm³/mol. The third-order valence-corrected chi connectivity index (χ3v) is 8.65. The van der Waals surface area contributed by atoms with Gasteiger partial charge in [0.05, 0.1) is 11.4 Å². The number of rotatable bonds is 6. The van der Waals surface area contributed by atoms with Crippen molar-refractivity contribution in [2.45, 2.75) is 22.7 Å². The number of thiophene rings is 1. The molecule has 2 atom stereocenters. The van der Waals surface area contributed by atoms with E-state index in [0.717, 1.165) is 4.88 Å². The molecule has 1 saturated heterocycles. The van der Waals surface area contributed by atoms with Gasteiger partial charge in [0.1, 0.15) is 17.1 Å². The van der Waals surface area contributed by atoms with Gasteiger partial charge in [-0.05, 0) is 29.6 Å². The minimum atomic E-state index is -1.20. The van der Waals surface area contributed by atoms with Gasteiger partial charge in [-0.3, -0.25) is 14.5 Å². The first-order valence-corrected chi connectivity index (χ1v) is 12.2.